The molecule has 0 fully saturated rings. The number of rotatable bonds is 6. The first kappa shape index (κ1) is 13.7. The number of hydrogen-bond donors (Lipinski definition) is 0. The van der Waals surface area contributed by atoms with Crippen molar-refractivity contribution in [2.75, 3.05) is 0 Å². The summed E-state index contributed by atoms with van der Waals surface area (Å²) in [6.07, 6.45) is 5.71. The molecule has 2 rings (SSSR count). The number of hydrogen-bond acceptors (Lipinski definition) is 4. The number of pyridine rings is 1. The minimum absolute atomic E-state index is 0.681. The zero-order valence-electron chi connectivity index (χ0n) is 11.9. The fraction of sp³-hybridized carbons (Fsp3) is 0.533. The molecule has 4 nitrogen and oxygen atoms in total. The van der Waals surface area contributed by atoms with E-state index in [1.54, 1.807) is 0 Å². The lowest BCUT2D eigenvalue weighted by atomic mass is 10.0. The van der Waals surface area contributed by atoms with Gasteiger partial charge in [0.25, 0.3) is 0 Å². The molecular weight excluding hydrogens is 238 g/mol. The molecule has 102 valence electrons. The van der Waals surface area contributed by atoms with Gasteiger partial charge in [0, 0.05) is 24.7 Å². The molecule has 0 saturated carbocycles. The van der Waals surface area contributed by atoms with Crippen LogP contribution < -0.4 is 0 Å². The summed E-state index contributed by atoms with van der Waals surface area (Å²) in [6.45, 7) is 6.43. The van der Waals surface area contributed by atoms with Crippen LogP contribution in [-0.2, 0) is 12.8 Å². The van der Waals surface area contributed by atoms with Gasteiger partial charge in [-0.3, -0.25) is 4.98 Å². The van der Waals surface area contributed by atoms with E-state index in [0.717, 1.165) is 35.8 Å². The summed E-state index contributed by atoms with van der Waals surface area (Å²) in [4.78, 5) is 8.70. The molecule has 0 aromatic carbocycles. The Balaban J connectivity index is 1.91. The minimum Gasteiger partial charge on any atom is -0.339 e. The Labute approximate surface area is 114 Å². The second kappa shape index (κ2) is 6.45. The van der Waals surface area contributed by atoms with Crippen LogP contribution in [0.15, 0.2) is 22.9 Å². The highest BCUT2D eigenvalue weighted by molar-refractivity contribution is 5.16. The van der Waals surface area contributed by atoms with Crippen molar-refractivity contribution in [3.05, 3.63) is 41.3 Å². The molecule has 2 heterocycles. The molecule has 0 aliphatic heterocycles. The lowest BCUT2D eigenvalue weighted by Crippen LogP contribution is -1.96. The third-order valence-electron chi connectivity index (χ3n) is 3.39. The van der Waals surface area contributed by atoms with Crippen molar-refractivity contribution in [2.45, 2.75) is 46.5 Å². The first-order valence-corrected chi connectivity index (χ1v) is 6.90. The maximum atomic E-state index is 5.27. The van der Waals surface area contributed by atoms with Gasteiger partial charge in [0.15, 0.2) is 5.82 Å². The Morgan fingerprint density at radius 1 is 1.32 bits per heavy atom. The van der Waals surface area contributed by atoms with Gasteiger partial charge in [-0.15, -0.1) is 0 Å². The van der Waals surface area contributed by atoms with Crippen molar-refractivity contribution < 1.29 is 4.52 Å². The van der Waals surface area contributed by atoms with Crippen LogP contribution in [0.4, 0.5) is 0 Å². The van der Waals surface area contributed by atoms with Crippen molar-refractivity contribution in [1.82, 2.24) is 15.1 Å². The topological polar surface area (TPSA) is 51.8 Å². The molecule has 1 atom stereocenters. The summed E-state index contributed by atoms with van der Waals surface area (Å²) < 4.78 is 5.27. The average Bonchev–Trinajstić information content (AvgIpc) is 2.86. The molecule has 2 aromatic heterocycles. The Kier molecular flexibility index (Phi) is 4.66. The predicted octanol–water partition coefficient (Wildman–Crippen LogP) is 3.34. The van der Waals surface area contributed by atoms with Crippen LogP contribution in [0, 0.1) is 12.8 Å². The summed E-state index contributed by atoms with van der Waals surface area (Å²) in [7, 11) is 0. The molecule has 0 aliphatic carbocycles. The van der Waals surface area contributed by atoms with Crippen LogP contribution in [0.5, 0.6) is 0 Å². The Morgan fingerprint density at radius 3 is 2.84 bits per heavy atom. The van der Waals surface area contributed by atoms with Gasteiger partial charge in [-0.25, -0.2) is 0 Å². The third-order valence-corrected chi connectivity index (χ3v) is 3.39. The molecule has 0 radical (unpaired) electrons. The standard InChI is InChI=1S/C15H21N3O/c1-4-11(2)5-8-15-17-14(18-19-15)9-13-7-6-12(3)16-10-13/h6-7,10-11H,4-5,8-9H2,1-3H3. The Morgan fingerprint density at radius 2 is 2.16 bits per heavy atom. The molecule has 2 aromatic rings. The van der Waals surface area contributed by atoms with Gasteiger partial charge in [-0.05, 0) is 30.9 Å². The van der Waals surface area contributed by atoms with Crippen LogP contribution >= 0.6 is 0 Å². The van der Waals surface area contributed by atoms with Crippen molar-refractivity contribution in [1.29, 1.82) is 0 Å². The first-order valence-electron chi connectivity index (χ1n) is 6.90. The molecule has 0 N–H and O–H groups in total. The highest BCUT2D eigenvalue weighted by atomic mass is 16.5. The van der Waals surface area contributed by atoms with Crippen molar-refractivity contribution in [3.63, 3.8) is 0 Å². The first-order chi connectivity index (χ1) is 9.17. The van der Waals surface area contributed by atoms with Gasteiger partial charge in [-0.1, -0.05) is 31.5 Å². The van der Waals surface area contributed by atoms with E-state index in [1.165, 1.54) is 6.42 Å². The molecule has 0 amide bonds. The van der Waals surface area contributed by atoms with Gasteiger partial charge in [0.1, 0.15) is 0 Å². The van der Waals surface area contributed by atoms with Crippen LogP contribution in [-0.4, -0.2) is 15.1 Å². The fourth-order valence-corrected chi connectivity index (χ4v) is 1.82. The Bertz CT molecular complexity index is 504. The number of aryl methyl sites for hydroxylation is 2. The second-order valence-electron chi connectivity index (χ2n) is 5.14. The molecule has 0 bridgehead atoms. The highest BCUT2D eigenvalue weighted by Crippen LogP contribution is 2.12. The van der Waals surface area contributed by atoms with E-state index in [2.05, 4.69) is 35.0 Å². The maximum absolute atomic E-state index is 5.27. The van der Waals surface area contributed by atoms with Crippen LogP contribution in [0.2, 0.25) is 0 Å². The number of nitrogens with zero attached hydrogens (tertiary/aromatic N) is 3. The predicted molar refractivity (Wildman–Crippen MR) is 73.9 cm³/mol. The molecule has 0 saturated heterocycles. The van der Waals surface area contributed by atoms with Crippen molar-refractivity contribution in [3.8, 4) is 0 Å². The molecular formula is C15H21N3O. The fourth-order valence-electron chi connectivity index (χ4n) is 1.82. The Hall–Kier alpha value is -1.71. The number of aromatic nitrogens is 3. The SMILES string of the molecule is CCC(C)CCc1nc(Cc2ccc(C)nc2)no1. The summed E-state index contributed by atoms with van der Waals surface area (Å²) in [5, 5.41) is 4.02. The van der Waals surface area contributed by atoms with E-state index in [1.807, 2.05) is 19.2 Å². The summed E-state index contributed by atoms with van der Waals surface area (Å²) >= 11 is 0. The largest absolute Gasteiger partial charge is 0.339 e. The summed E-state index contributed by atoms with van der Waals surface area (Å²) in [5.41, 5.74) is 2.13. The third kappa shape index (κ3) is 4.16. The van der Waals surface area contributed by atoms with E-state index < -0.39 is 0 Å². The van der Waals surface area contributed by atoms with Crippen LogP contribution in [0.25, 0.3) is 0 Å². The van der Waals surface area contributed by atoms with E-state index in [9.17, 15) is 0 Å². The summed E-state index contributed by atoms with van der Waals surface area (Å²) in [6, 6.07) is 4.05. The highest BCUT2D eigenvalue weighted by Gasteiger charge is 2.08. The van der Waals surface area contributed by atoms with Crippen molar-refractivity contribution in [2.24, 2.45) is 5.92 Å². The quantitative estimate of drug-likeness (QED) is 0.798. The monoisotopic (exact) mass is 259 g/mol. The summed E-state index contributed by atoms with van der Waals surface area (Å²) in [5.74, 6) is 2.19. The van der Waals surface area contributed by atoms with Gasteiger partial charge < -0.3 is 4.52 Å². The normalized spacial score (nSPS) is 12.6. The molecule has 0 spiro atoms. The van der Waals surface area contributed by atoms with E-state index >= 15 is 0 Å². The van der Waals surface area contributed by atoms with Crippen LogP contribution in [0.1, 0.15) is 49.7 Å². The van der Waals surface area contributed by atoms with Crippen molar-refractivity contribution >= 4 is 0 Å². The zero-order chi connectivity index (χ0) is 13.7. The average molecular weight is 259 g/mol. The molecule has 1 unspecified atom stereocenters. The molecule has 0 aliphatic rings. The van der Waals surface area contributed by atoms with Gasteiger partial charge in [0.05, 0.1) is 0 Å². The minimum atomic E-state index is 0.681. The van der Waals surface area contributed by atoms with Gasteiger partial charge >= 0.3 is 0 Å². The van der Waals surface area contributed by atoms with Crippen LogP contribution in [0.3, 0.4) is 0 Å². The molecule has 4 heteroatoms. The van der Waals surface area contributed by atoms with E-state index in [4.69, 9.17) is 4.52 Å². The molecule has 19 heavy (non-hydrogen) atoms. The van der Waals surface area contributed by atoms with E-state index in [0.29, 0.717) is 12.3 Å². The lowest BCUT2D eigenvalue weighted by Gasteiger charge is -2.03. The van der Waals surface area contributed by atoms with E-state index in [-0.39, 0.29) is 0 Å². The smallest absolute Gasteiger partial charge is 0.226 e. The second-order valence-corrected chi connectivity index (χ2v) is 5.14. The lowest BCUT2D eigenvalue weighted by molar-refractivity contribution is 0.360. The zero-order valence-corrected chi connectivity index (χ0v) is 11.9. The van der Waals surface area contributed by atoms with Gasteiger partial charge in [0.2, 0.25) is 5.89 Å². The van der Waals surface area contributed by atoms with Gasteiger partial charge in [-0.2, -0.15) is 4.98 Å². The maximum Gasteiger partial charge on any atom is 0.226 e.